The predicted octanol–water partition coefficient (Wildman–Crippen LogP) is 4.11. The molecule has 1 aliphatic heterocycles. The Morgan fingerprint density at radius 3 is 2.39 bits per heavy atom. The molecule has 0 spiro atoms. The Morgan fingerprint density at radius 2 is 1.78 bits per heavy atom. The van der Waals surface area contributed by atoms with Crippen LogP contribution in [0.5, 0.6) is 0 Å². The van der Waals surface area contributed by atoms with Crippen molar-refractivity contribution in [1.82, 2.24) is 4.37 Å². The molecule has 0 amide bonds. The summed E-state index contributed by atoms with van der Waals surface area (Å²) in [5, 5.41) is 2.04. The molecule has 1 aromatic rings. The molecule has 3 nitrogen and oxygen atoms in total. The number of hydrogen-bond acceptors (Lipinski definition) is 3. The fourth-order valence-electron chi connectivity index (χ4n) is 1.75. The van der Waals surface area contributed by atoms with Crippen LogP contribution in [0.15, 0.2) is 23.7 Å². The molecule has 4 heteroatoms. The summed E-state index contributed by atoms with van der Waals surface area (Å²) in [4.78, 5) is 0. The molecular formula is C14H21NO2S. The first-order valence-corrected chi connectivity index (χ1v) is 7.01. The van der Waals surface area contributed by atoms with Gasteiger partial charge in [-0.2, -0.15) is 0 Å². The zero-order chi connectivity index (χ0) is 13.4. The van der Waals surface area contributed by atoms with Crippen LogP contribution in [0.2, 0.25) is 0 Å². The highest BCUT2D eigenvalue weighted by Gasteiger charge is 2.49. The molecule has 1 N–H and O–H groups in total. The van der Waals surface area contributed by atoms with E-state index in [0.29, 0.717) is 0 Å². The lowest BCUT2D eigenvalue weighted by molar-refractivity contribution is -0.0894. The van der Waals surface area contributed by atoms with E-state index < -0.39 is 0 Å². The Morgan fingerprint density at radius 1 is 1.17 bits per heavy atom. The van der Waals surface area contributed by atoms with Crippen molar-refractivity contribution in [3.05, 3.63) is 34.8 Å². The molecule has 18 heavy (non-hydrogen) atoms. The van der Waals surface area contributed by atoms with Crippen LogP contribution in [0.3, 0.4) is 0 Å². The predicted molar refractivity (Wildman–Crippen MR) is 74.1 cm³/mol. The van der Waals surface area contributed by atoms with Crippen LogP contribution < -0.4 is 0 Å². The van der Waals surface area contributed by atoms with Gasteiger partial charge in [-0.1, -0.05) is 17.6 Å². The lowest BCUT2D eigenvalue weighted by atomic mass is 9.90. The number of aromatic amines is 1. The maximum atomic E-state index is 6.05. The Bertz CT molecular complexity index is 456. The molecule has 0 aromatic carbocycles. The molecule has 0 saturated carbocycles. The molecule has 2 rings (SSSR count). The fraction of sp³-hybridized carbons (Fsp3) is 0.571. The highest BCUT2D eigenvalue weighted by molar-refractivity contribution is 7.03. The zero-order valence-electron chi connectivity index (χ0n) is 11.6. The van der Waals surface area contributed by atoms with Crippen molar-refractivity contribution in [3.63, 3.8) is 0 Å². The van der Waals surface area contributed by atoms with Gasteiger partial charge in [0, 0.05) is 17.1 Å². The van der Waals surface area contributed by atoms with E-state index in [4.69, 9.17) is 9.47 Å². The first-order valence-electron chi connectivity index (χ1n) is 6.13. The lowest BCUT2D eigenvalue weighted by Crippen LogP contribution is -2.41. The van der Waals surface area contributed by atoms with Gasteiger partial charge in [-0.3, -0.25) is 0 Å². The normalized spacial score (nSPS) is 21.8. The Balaban J connectivity index is 2.36. The first kappa shape index (κ1) is 13.6. The van der Waals surface area contributed by atoms with Crippen LogP contribution >= 0.6 is 11.5 Å². The van der Waals surface area contributed by atoms with E-state index in [1.165, 1.54) is 17.1 Å². The quantitative estimate of drug-likeness (QED) is 0.830. The number of H-pyrrole nitrogens is 1. The summed E-state index contributed by atoms with van der Waals surface area (Å²) < 4.78 is 15.2. The molecular weight excluding hydrogens is 246 g/mol. The summed E-state index contributed by atoms with van der Waals surface area (Å²) in [6.07, 6.45) is 1.62. The number of hydrogen-bond donors (Lipinski definition) is 1. The van der Waals surface area contributed by atoms with Gasteiger partial charge in [-0.05, 0) is 46.2 Å². The zero-order valence-corrected chi connectivity index (χ0v) is 12.4. The van der Waals surface area contributed by atoms with E-state index in [2.05, 4.69) is 45.1 Å². The third kappa shape index (κ3) is 2.60. The molecule has 0 bridgehead atoms. The minimum atomic E-state index is -0.300. The summed E-state index contributed by atoms with van der Waals surface area (Å²) in [5.41, 5.74) is 1.63. The van der Waals surface area contributed by atoms with Crippen LogP contribution in [-0.4, -0.2) is 15.6 Å². The molecule has 1 fully saturated rings. The lowest BCUT2D eigenvalue weighted by Gasteiger charge is -2.30. The van der Waals surface area contributed by atoms with Gasteiger partial charge in [0.15, 0.2) is 6.29 Å². The SMILES string of the molecule is Cc1cc[nH]scc(C2OC(C)(C)C(C)(C)O2)c1. The average Bonchev–Trinajstić information content (AvgIpc) is 2.42. The summed E-state index contributed by atoms with van der Waals surface area (Å²) in [5.74, 6) is 0. The van der Waals surface area contributed by atoms with Crippen LogP contribution in [0.4, 0.5) is 0 Å². The van der Waals surface area contributed by atoms with Gasteiger partial charge in [-0.15, -0.1) is 0 Å². The van der Waals surface area contributed by atoms with Crippen molar-refractivity contribution < 1.29 is 9.47 Å². The molecule has 0 radical (unpaired) electrons. The van der Waals surface area contributed by atoms with Gasteiger partial charge >= 0.3 is 0 Å². The molecule has 0 atom stereocenters. The highest BCUT2D eigenvalue weighted by Crippen LogP contribution is 2.44. The van der Waals surface area contributed by atoms with Gasteiger partial charge in [-0.25, -0.2) is 0 Å². The van der Waals surface area contributed by atoms with Crippen molar-refractivity contribution in [2.75, 3.05) is 0 Å². The molecule has 1 aliphatic rings. The van der Waals surface area contributed by atoms with E-state index in [1.54, 1.807) is 0 Å². The van der Waals surface area contributed by atoms with Crippen LogP contribution in [0.1, 0.15) is 45.1 Å². The number of ether oxygens (including phenoxy) is 2. The number of rotatable bonds is 1. The van der Waals surface area contributed by atoms with Gasteiger partial charge in [0.2, 0.25) is 0 Å². The number of aromatic nitrogens is 1. The van der Waals surface area contributed by atoms with Crippen LogP contribution in [0.25, 0.3) is 0 Å². The number of aryl methyl sites for hydroxylation is 1. The van der Waals surface area contributed by atoms with Crippen molar-refractivity contribution in [2.45, 2.75) is 52.1 Å². The minimum Gasteiger partial charge on any atom is -0.339 e. The summed E-state index contributed by atoms with van der Waals surface area (Å²) in [6.45, 7) is 10.3. The number of nitrogens with one attached hydrogen (secondary N) is 1. The second kappa shape index (κ2) is 4.68. The molecule has 100 valence electrons. The van der Waals surface area contributed by atoms with E-state index in [0.717, 1.165) is 5.56 Å². The van der Waals surface area contributed by atoms with Gasteiger partial charge in [0.05, 0.1) is 11.2 Å². The maximum absolute atomic E-state index is 6.05. The molecule has 2 heterocycles. The van der Waals surface area contributed by atoms with Crippen molar-refractivity contribution >= 4 is 11.5 Å². The van der Waals surface area contributed by atoms with Gasteiger partial charge in [0.1, 0.15) is 0 Å². The molecule has 1 saturated heterocycles. The van der Waals surface area contributed by atoms with Crippen molar-refractivity contribution in [3.8, 4) is 0 Å². The Labute approximate surface area is 113 Å². The minimum absolute atomic E-state index is 0.295. The summed E-state index contributed by atoms with van der Waals surface area (Å²) in [7, 11) is 0. The van der Waals surface area contributed by atoms with E-state index >= 15 is 0 Å². The van der Waals surface area contributed by atoms with E-state index in [1.807, 2.05) is 17.6 Å². The third-order valence-corrected chi connectivity index (χ3v) is 4.26. The van der Waals surface area contributed by atoms with Gasteiger partial charge < -0.3 is 13.8 Å². The standard InChI is InChI=1S/C14H21NO2S/c1-10-6-7-15-18-9-11(8-10)12-16-13(2,3)14(4,5)17-12/h6-9,12,15H,1-5H3. The Kier molecular flexibility index (Phi) is 3.54. The maximum Gasteiger partial charge on any atom is 0.186 e. The van der Waals surface area contributed by atoms with Crippen LogP contribution in [0, 0.1) is 6.92 Å². The first-order chi connectivity index (χ1) is 8.32. The largest absolute Gasteiger partial charge is 0.339 e. The van der Waals surface area contributed by atoms with Crippen molar-refractivity contribution in [2.24, 2.45) is 0 Å². The van der Waals surface area contributed by atoms with E-state index in [-0.39, 0.29) is 17.5 Å². The summed E-state index contributed by atoms with van der Waals surface area (Å²) in [6, 6.07) is 4.14. The summed E-state index contributed by atoms with van der Waals surface area (Å²) >= 11 is 1.52. The topological polar surface area (TPSA) is 34.2 Å². The fourth-order valence-corrected chi connectivity index (χ4v) is 2.28. The highest BCUT2D eigenvalue weighted by atomic mass is 32.1. The second-order valence-corrected chi connectivity index (χ2v) is 6.37. The van der Waals surface area contributed by atoms with E-state index in [9.17, 15) is 0 Å². The second-order valence-electron chi connectivity index (χ2n) is 5.66. The average molecular weight is 267 g/mol. The van der Waals surface area contributed by atoms with Gasteiger partial charge in [0.25, 0.3) is 0 Å². The Hall–Kier alpha value is -0.840. The van der Waals surface area contributed by atoms with Crippen molar-refractivity contribution in [1.29, 1.82) is 0 Å². The molecule has 1 aromatic heterocycles. The third-order valence-electron chi connectivity index (χ3n) is 3.60. The molecule has 0 aliphatic carbocycles. The smallest absolute Gasteiger partial charge is 0.186 e. The molecule has 0 unspecified atom stereocenters. The monoisotopic (exact) mass is 267 g/mol. The van der Waals surface area contributed by atoms with Crippen LogP contribution in [-0.2, 0) is 9.47 Å².